The van der Waals surface area contributed by atoms with E-state index in [2.05, 4.69) is 20.9 Å². The van der Waals surface area contributed by atoms with Crippen molar-refractivity contribution in [3.05, 3.63) is 17.8 Å². The minimum Gasteiger partial charge on any atom is -0.396 e. The second-order valence-corrected chi connectivity index (χ2v) is 5.30. The lowest BCUT2D eigenvalue weighted by Crippen LogP contribution is -2.32. The molecule has 0 saturated carbocycles. The van der Waals surface area contributed by atoms with Gasteiger partial charge in [-0.05, 0) is 11.4 Å². The molecule has 0 aromatic carbocycles. The fourth-order valence-corrected chi connectivity index (χ4v) is 2.94. The Bertz CT molecular complexity index is 531. The number of nitrogens with zero attached hydrogens (tertiary/aromatic N) is 3. The van der Waals surface area contributed by atoms with E-state index in [0.29, 0.717) is 13.2 Å². The number of aliphatic hydroxyl groups excluding tert-OH is 1. The largest absolute Gasteiger partial charge is 0.396 e. The highest BCUT2D eigenvalue weighted by atomic mass is 32.1. The van der Waals surface area contributed by atoms with Gasteiger partial charge in [-0.1, -0.05) is 0 Å². The van der Waals surface area contributed by atoms with Crippen LogP contribution in [0.15, 0.2) is 17.8 Å². The van der Waals surface area contributed by atoms with Crippen LogP contribution >= 0.6 is 11.3 Å². The molecule has 0 radical (unpaired) electrons. The molecule has 6 heteroatoms. The molecule has 3 rings (SSSR count). The van der Waals surface area contributed by atoms with Gasteiger partial charge in [0.2, 0.25) is 0 Å². The summed E-state index contributed by atoms with van der Waals surface area (Å²) in [6, 6.07) is 2.05. The smallest absolute Gasteiger partial charge is 0.140 e. The van der Waals surface area contributed by atoms with Gasteiger partial charge < -0.3 is 14.7 Å². The van der Waals surface area contributed by atoms with E-state index >= 15 is 0 Å². The van der Waals surface area contributed by atoms with E-state index in [1.54, 1.807) is 17.7 Å². The molecule has 1 atom stereocenters. The Morgan fingerprint density at radius 1 is 1.50 bits per heavy atom. The van der Waals surface area contributed by atoms with Crippen molar-refractivity contribution in [1.82, 2.24) is 9.97 Å². The van der Waals surface area contributed by atoms with Gasteiger partial charge in [-0.3, -0.25) is 0 Å². The maximum absolute atomic E-state index is 9.32. The molecule has 3 heterocycles. The number of ether oxygens (including phenoxy) is 1. The average molecular weight is 265 g/mol. The van der Waals surface area contributed by atoms with Crippen LogP contribution in [0.4, 0.5) is 5.82 Å². The molecular weight excluding hydrogens is 250 g/mol. The van der Waals surface area contributed by atoms with E-state index in [-0.39, 0.29) is 12.5 Å². The fraction of sp³-hybridized carbons (Fsp3) is 0.500. The minimum absolute atomic E-state index is 0.147. The van der Waals surface area contributed by atoms with Gasteiger partial charge in [0.25, 0.3) is 0 Å². The molecule has 18 heavy (non-hydrogen) atoms. The molecule has 0 bridgehead atoms. The number of aromatic nitrogens is 2. The standard InChI is InChI=1S/C12H15N3O2S/c16-6-9-5-15(2-3-17-7-9)11-10-1-4-18-12(10)14-8-13-11/h1,4,8-9,16H,2-3,5-7H2/t9-/m0/s1. The molecule has 1 aliphatic rings. The highest BCUT2D eigenvalue weighted by molar-refractivity contribution is 7.16. The Morgan fingerprint density at radius 3 is 3.33 bits per heavy atom. The normalized spacial score (nSPS) is 21.2. The van der Waals surface area contributed by atoms with E-state index in [1.165, 1.54) is 0 Å². The predicted octanol–water partition coefficient (Wildman–Crippen LogP) is 1.14. The number of fused-ring (bicyclic) bond motifs is 1. The zero-order chi connectivity index (χ0) is 12.4. The van der Waals surface area contributed by atoms with E-state index in [9.17, 15) is 5.11 Å². The molecule has 2 aromatic heterocycles. The van der Waals surface area contributed by atoms with Gasteiger partial charge in [0.05, 0.1) is 18.6 Å². The van der Waals surface area contributed by atoms with Crippen molar-refractivity contribution in [1.29, 1.82) is 0 Å². The van der Waals surface area contributed by atoms with Crippen LogP contribution < -0.4 is 4.90 Å². The molecule has 5 nitrogen and oxygen atoms in total. The third kappa shape index (κ3) is 2.19. The number of hydrogen-bond donors (Lipinski definition) is 1. The van der Waals surface area contributed by atoms with Gasteiger partial charge in [0.15, 0.2) is 0 Å². The van der Waals surface area contributed by atoms with E-state index in [0.717, 1.165) is 29.1 Å². The molecule has 2 aromatic rings. The first-order valence-corrected chi connectivity index (χ1v) is 6.88. The lowest BCUT2D eigenvalue weighted by atomic mass is 10.1. The lowest BCUT2D eigenvalue weighted by Gasteiger charge is -2.24. The van der Waals surface area contributed by atoms with Gasteiger partial charge in [-0.15, -0.1) is 11.3 Å². The van der Waals surface area contributed by atoms with Crippen LogP contribution in [0, 0.1) is 5.92 Å². The summed E-state index contributed by atoms with van der Waals surface area (Å²) >= 11 is 1.62. The zero-order valence-corrected chi connectivity index (χ0v) is 10.8. The Kier molecular flexibility index (Phi) is 3.40. The van der Waals surface area contributed by atoms with Gasteiger partial charge in [-0.2, -0.15) is 0 Å². The molecule has 1 saturated heterocycles. The molecule has 0 spiro atoms. The second kappa shape index (κ2) is 5.17. The van der Waals surface area contributed by atoms with E-state index in [4.69, 9.17) is 4.74 Å². The molecule has 96 valence electrons. The Morgan fingerprint density at radius 2 is 2.44 bits per heavy atom. The number of anilines is 1. The van der Waals surface area contributed by atoms with Crippen molar-refractivity contribution in [3.63, 3.8) is 0 Å². The summed E-state index contributed by atoms with van der Waals surface area (Å²) < 4.78 is 5.50. The van der Waals surface area contributed by atoms with Crippen molar-refractivity contribution in [2.24, 2.45) is 5.92 Å². The Hall–Kier alpha value is -1.24. The maximum Gasteiger partial charge on any atom is 0.140 e. The van der Waals surface area contributed by atoms with Gasteiger partial charge in [-0.25, -0.2) is 9.97 Å². The molecule has 0 amide bonds. The summed E-state index contributed by atoms with van der Waals surface area (Å²) in [5.74, 6) is 1.10. The SMILES string of the molecule is OC[C@H]1COCCN(c2ncnc3sccc23)C1. The van der Waals surface area contributed by atoms with Gasteiger partial charge >= 0.3 is 0 Å². The van der Waals surface area contributed by atoms with Gasteiger partial charge in [0.1, 0.15) is 17.0 Å². The third-order valence-electron chi connectivity index (χ3n) is 3.14. The fourth-order valence-electron chi connectivity index (χ4n) is 2.21. The summed E-state index contributed by atoms with van der Waals surface area (Å²) in [6.07, 6.45) is 1.61. The van der Waals surface area contributed by atoms with Crippen molar-refractivity contribution in [2.45, 2.75) is 0 Å². The maximum atomic E-state index is 9.32. The first-order chi connectivity index (χ1) is 8.88. The van der Waals surface area contributed by atoms with Crippen LogP contribution in [0.5, 0.6) is 0 Å². The molecule has 0 aliphatic carbocycles. The first kappa shape index (κ1) is 11.8. The summed E-state index contributed by atoms with van der Waals surface area (Å²) in [6.45, 7) is 3.02. The molecule has 0 unspecified atom stereocenters. The minimum atomic E-state index is 0.147. The monoisotopic (exact) mass is 265 g/mol. The topological polar surface area (TPSA) is 58.5 Å². The quantitative estimate of drug-likeness (QED) is 0.882. The first-order valence-electron chi connectivity index (χ1n) is 6.00. The zero-order valence-electron chi connectivity index (χ0n) is 9.95. The van der Waals surface area contributed by atoms with Crippen LogP contribution in [0.3, 0.4) is 0 Å². The molecule has 1 aliphatic heterocycles. The third-order valence-corrected chi connectivity index (χ3v) is 3.96. The number of rotatable bonds is 2. The van der Waals surface area contributed by atoms with Crippen molar-refractivity contribution < 1.29 is 9.84 Å². The van der Waals surface area contributed by atoms with Crippen LogP contribution in [-0.2, 0) is 4.74 Å². The van der Waals surface area contributed by atoms with Crippen molar-refractivity contribution in [3.8, 4) is 0 Å². The molecule has 1 fully saturated rings. The van der Waals surface area contributed by atoms with Crippen LogP contribution in [0.1, 0.15) is 0 Å². The van der Waals surface area contributed by atoms with E-state index < -0.39 is 0 Å². The molecule has 1 N–H and O–H groups in total. The highest BCUT2D eigenvalue weighted by Gasteiger charge is 2.20. The van der Waals surface area contributed by atoms with E-state index in [1.807, 2.05) is 5.38 Å². The summed E-state index contributed by atoms with van der Waals surface area (Å²) in [5.41, 5.74) is 0. The number of thiophene rings is 1. The average Bonchev–Trinajstić information content (AvgIpc) is 2.75. The lowest BCUT2D eigenvalue weighted by molar-refractivity contribution is 0.0959. The Labute approximate surface area is 109 Å². The second-order valence-electron chi connectivity index (χ2n) is 4.41. The summed E-state index contributed by atoms with van der Waals surface area (Å²) in [5, 5.41) is 12.4. The number of aliphatic hydroxyl groups is 1. The Balaban J connectivity index is 1.94. The van der Waals surface area contributed by atoms with Crippen LogP contribution in [0.25, 0.3) is 10.2 Å². The van der Waals surface area contributed by atoms with Crippen molar-refractivity contribution in [2.75, 3.05) is 37.8 Å². The van der Waals surface area contributed by atoms with Gasteiger partial charge in [0, 0.05) is 25.6 Å². The van der Waals surface area contributed by atoms with Crippen molar-refractivity contribution >= 4 is 27.4 Å². The molecular formula is C12H15N3O2S. The summed E-state index contributed by atoms with van der Waals surface area (Å²) in [4.78, 5) is 11.8. The van der Waals surface area contributed by atoms with Crippen LogP contribution in [0.2, 0.25) is 0 Å². The van der Waals surface area contributed by atoms with Crippen LogP contribution in [-0.4, -0.2) is 48.0 Å². The summed E-state index contributed by atoms with van der Waals surface area (Å²) in [7, 11) is 0. The number of hydrogen-bond acceptors (Lipinski definition) is 6. The predicted molar refractivity (Wildman–Crippen MR) is 71.0 cm³/mol. The highest BCUT2D eigenvalue weighted by Crippen LogP contribution is 2.27.